The van der Waals surface area contributed by atoms with E-state index in [1.807, 2.05) is 0 Å². The van der Waals surface area contributed by atoms with E-state index in [1.165, 1.54) is 25.7 Å². The third kappa shape index (κ3) is 3.11. The Labute approximate surface area is 66.8 Å². The van der Waals surface area contributed by atoms with Crippen molar-refractivity contribution in [3.63, 3.8) is 0 Å². The molecule has 11 heavy (non-hydrogen) atoms. The molecule has 1 rings (SSSR count). The molecule has 1 radical (unpaired) electrons. The Hall–Kier alpha value is -0.930. The maximum Gasteiger partial charge on any atom is 0.285 e. The van der Waals surface area contributed by atoms with E-state index in [2.05, 4.69) is 27.9 Å². The molecule has 0 saturated carbocycles. The van der Waals surface area contributed by atoms with Crippen LogP contribution < -0.4 is 10.6 Å². The highest BCUT2D eigenvalue weighted by atomic mass is 15.6. The summed E-state index contributed by atoms with van der Waals surface area (Å²) in [4.78, 5) is 0. The highest BCUT2D eigenvalue weighted by Gasteiger charge is 2.12. The number of unbranched alkanes of at least 4 members (excludes halogenated alkanes) is 3. The smallest absolute Gasteiger partial charge is 0.122 e. The molecule has 0 unspecified atom stereocenters. The van der Waals surface area contributed by atoms with Crippen molar-refractivity contribution in [2.45, 2.75) is 39.0 Å². The summed E-state index contributed by atoms with van der Waals surface area (Å²) in [6, 6.07) is 0. The first-order valence-electron chi connectivity index (χ1n) is 4.16. The minimum Gasteiger partial charge on any atom is -0.122 e. The molecule has 4 nitrogen and oxygen atoms in total. The monoisotopic (exact) mass is 154 g/mol. The van der Waals surface area contributed by atoms with Gasteiger partial charge in [0, 0.05) is 6.42 Å². The van der Waals surface area contributed by atoms with Crippen molar-refractivity contribution in [1.82, 2.24) is 10.6 Å². The van der Waals surface area contributed by atoms with Gasteiger partial charge >= 0.3 is 0 Å². The number of amidine groups is 1. The number of hydrogen-bond donors (Lipinski definition) is 1. The van der Waals surface area contributed by atoms with E-state index < -0.39 is 0 Å². The van der Waals surface area contributed by atoms with Gasteiger partial charge in [0.25, 0.3) is 5.84 Å². The number of rotatable bonds is 5. The van der Waals surface area contributed by atoms with Crippen LogP contribution in [0.25, 0.3) is 0 Å². The van der Waals surface area contributed by atoms with Gasteiger partial charge < -0.3 is 0 Å². The molecule has 0 aliphatic carbocycles. The average molecular weight is 154 g/mol. The van der Waals surface area contributed by atoms with E-state index in [9.17, 15) is 0 Å². The lowest BCUT2D eigenvalue weighted by Gasteiger charge is -1.93. The zero-order chi connectivity index (χ0) is 7.94. The summed E-state index contributed by atoms with van der Waals surface area (Å²) in [6.45, 7) is 2.20. The molecule has 0 bridgehead atoms. The first-order valence-corrected chi connectivity index (χ1v) is 4.16. The standard InChI is InChI=1S/C7H14N4/c1-2-3-4-5-6-7-8-10-11-9-7/h2-6H2,1H3,(H,8,9,10)/q+1. The summed E-state index contributed by atoms with van der Waals surface area (Å²) in [5.74, 6) is 0.904. The topological polar surface area (TPSA) is 50.9 Å². The van der Waals surface area contributed by atoms with Crippen LogP contribution in [-0.2, 0) is 0 Å². The van der Waals surface area contributed by atoms with Crippen LogP contribution in [0.1, 0.15) is 39.0 Å². The van der Waals surface area contributed by atoms with Crippen molar-refractivity contribution >= 4 is 5.84 Å². The van der Waals surface area contributed by atoms with E-state index in [1.54, 1.807) is 0 Å². The van der Waals surface area contributed by atoms with E-state index in [4.69, 9.17) is 0 Å². The molecule has 0 amide bonds. The van der Waals surface area contributed by atoms with Gasteiger partial charge in [0.15, 0.2) is 5.22 Å². The molecule has 1 aliphatic rings. The fourth-order valence-corrected chi connectivity index (χ4v) is 1.00. The number of hydrogen-bond acceptors (Lipinski definition) is 4. The van der Waals surface area contributed by atoms with Gasteiger partial charge in [-0.2, -0.15) is 0 Å². The second-order valence-electron chi connectivity index (χ2n) is 2.66. The molecule has 1 N–H and O–H groups in total. The van der Waals surface area contributed by atoms with E-state index in [0.717, 1.165) is 12.3 Å². The molecule has 0 spiro atoms. The number of nitrogens with one attached hydrogen (secondary N) is 1. The maximum atomic E-state index is 3.80. The Morgan fingerprint density at radius 3 is 2.91 bits per heavy atom. The van der Waals surface area contributed by atoms with Crippen molar-refractivity contribution in [3.8, 4) is 0 Å². The van der Waals surface area contributed by atoms with Gasteiger partial charge in [-0.25, -0.2) is 0 Å². The summed E-state index contributed by atoms with van der Waals surface area (Å²) in [7, 11) is 0. The molecular formula is C7H14N4+. The molecule has 0 saturated heterocycles. The molecule has 1 heterocycles. The Balaban J connectivity index is 1.95. The second-order valence-corrected chi connectivity index (χ2v) is 2.66. The van der Waals surface area contributed by atoms with Crippen molar-refractivity contribution < 1.29 is 0 Å². The molecule has 4 heteroatoms. The van der Waals surface area contributed by atoms with Gasteiger partial charge in [-0.1, -0.05) is 26.2 Å². The fraction of sp³-hybridized carbons (Fsp3) is 0.857. The van der Waals surface area contributed by atoms with Crippen molar-refractivity contribution in [2.75, 3.05) is 0 Å². The van der Waals surface area contributed by atoms with Crippen molar-refractivity contribution in [1.29, 1.82) is 0 Å². The van der Waals surface area contributed by atoms with Gasteiger partial charge in [0.05, 0.1) is 5.10 Å². The fourth-order valence-electron chi connectivity index (χ4n) is 1.00. The molecule has 0 fully saturated rings. The highest BCUT2D eigenvalue weighted by molar-refractivity contribution is 5.81. The van der Waals surface area contributed by atoms with Crippen LogP contribution in [0.15, 0.2) is 10.3 Å². The van der Waals surface area contributed by atoms with Crippen molar-refractivity contribution in [3.05, 3.63) is 0 Å². The zero-order valence-corrected chi connectivity index (χ0v) is 6.88. The maximum absolute atomic E-state index is 3.80. The third-order valence-corrected chi connectivity index (χ3v) is 1.66. The molecule has 0 aromatic rings. The zero-order valence-electron chi connectivity index (χ0n) is 6.88. The Morgan fingerprint density at radius 2 is 2.27 bits per heavy atom. The lowest BCUT2D eigenvalue weighted by molar-refractivity contribution is 0.676. The lowest BCUT2D eigenvalue weighted by Crippen LogP contribution is -2.19. The van der Waals surface area contributed by atoms with Crippen LogP contribution in [0.4, 0.5) is 0 Å². The SMILES string of the molecule is CCCCCCC1=NN=[N+]N1. The van der Waals surface area contributed by atoms with Crippen molar-refractivity contribution in [2.24, 2.45) is 10.3 Å². The molecule has 0 atom stereocenters. The van der Waals surface area contributed by atoms with Crippen LogP contribution in [0.2, 0.25) is 0 Å². The van der Waals surface area contributed by atoms with Gasteiger partial charge in [-0.05, 0) is 6.42 Å². The van der Waals surface area contributed by atoms with Crippen LogP contribution in [0, 0.1) is 0 Å². The minimum atomic E-state index is 0.904. The van der Waals surface area contributed by atoms with Gasteiger partial charge in [0.1, 0.15) is 0 Å². The first-order chi connectivity index (χ1) is 5.43. The summed E-state index contributed by atoms with van der Waals surface area (Å²) in [5.41, 5.74) is 2.74. The second kappa shape index (κ2) is 4.82. The normalized spacial score (nSPS) is 14.8. The van der Waals surface area contributed by atoms with E-state index in [0.29, 0.717) is 0 Å². The third-order valence-electron chi connectivity index (χ3n) is 1.66. The van der Waals surface area contributed by atoms with E-state index >= 15 is 0 Å². The number of nitrogens with zero attached hydrogens (tertiary/aromatic N) is 3. The predicted molar refractivity (Wildman–Crippen MR) is 43.9 cm³/mol. The van der Waals surface area contributed by atoms with Crippen LogP contribution in [0.5, 0.6) is 0 Å². The summed E-state index contributed by atoms with van der Waals surface area (Å²) >= 11 is 0. The van der Waals surface area contributed by atoms with Crippen LogP contribution >= 0.6 is 0 Å². The molecular weight excluding hydrogens is 140 g/mol. The molecule has 1 aliphatic heterocycles. The first kappa shape index (κ1) is 8.17. The lowest BCUT2D eigenvalue weighted by atomic mass is 10.1. The van der Waals surface area contributed by atoms with Gasteiger partial charge in [-0.15, -0.1) is 5.43 Å². The Kier molecular flexibility index (Phi) is 3.58. The average Bonchev–Trinajstić information content (AvgIpc) is 2.50. The van der Waals surface area contributed by atoms with Crippen LogP contribution in [0.3, 0.4) is 0 Å². The highest BCUT2D eigenvalue weighted by Crippen LogP contribution is 2.03. The molecule has 0 aromatic carbocycles. The molecule has 61 valence electrons. The van der Waals surface area contributed by atoms with Gasteiger partial charge in [0.2, 0.25) is 5.22 Å². The van der Waals surface area contributed by atoms with Gasteiger partial charge in [-0.3, -0.25) is 0 Å². The largest absolute Gasteiger partial charge is 0.285 e. The van der Waals surface area contributed by atoms with Crippen LogP contribution in [-0.4, -0.2) is 5.84 Å². The summed E-state index contributed by atoms with van der Waals surface area (Å²) in [6.07, 6.45) is 6.02. The summed E-state index contributed by atoms with van der Waals surface area (Å²) in [5, 5.41) is 10.8. The Bertz CT molecular complexity index is 162. The predicted octanol–water partition coefficient (Wildman–Crippen LogP) is 1.58. The quantitative estimate of drug-likeness (QED) is 0.600. The molecule has 0 aromatic heterocycles. The van der Waals surface area contributed by atoms with E-state index in [-0.39, 0.29) is 0 Å². The summed E-state index contributed by atoms with van der Waals surface area (Å²) < 4.78 is 0. The Morgan fingerprint density at radius 1 is 1.36 bits per heavy atom. The minimum absolute atomic E-state index is 0.904.